The summed E-state index contributed by atoms with van der Waals surface area (Å²) in [7, 11) is -4.15. The molecule has 0 aliphatic rings. The van der Waals surface area contributed by atoms with E-state index in [4.69, 9.17) is 23.2 Å². The summed E-state index contributed by atoms with van der Waals surface area (Å²) in [5.41, 5.74) is 1.04. The van der Waals surface area contributed by atoms with Crippen LogP contribution in [0.1, 0.15) is 5.56 Å². The summed E-state index contributed by atoms with van der Waals surface area (Å²) in [6, 6.07) is 18.1. The van der Waals surface area contributed by atoms with E-state index >= 15 is 0 Å². The van der Waals surface area contributed by atoms with Crippen molar-refractivity contribution in [3.05, 3.63) is 94.2 Å². The lowest BCUT2D eigenvalue weighted by Gasteiger charge is -2.22. The van der Waals surface area contributed by atoms with Gasteiger partial charge in [-0.05, 0) is 48.0 Å². The second kappa shape index (κ2) is 9.57. The highest BCUT2D eigenvalue weighted by molar-refractivity contribution is 7.89. The largest absolute Gasteiger partial charge is 0.325 e. The van der Waals surface area contributed by atoms with Crippen molar-refractivity contribution < 1.29 is 17.6 Å². The number of nitrogens with one attached hydrogen (secondary N) is 1. The van der Waals surface area contributed by atoms with E-state index in [0.717, 1.165) is 4.31 Å². The van der Waals surface area contributed by atoms with Gasteiger partial charge in [-0.3, -0.25) is 4.79 Å². The molecule has 9 heteroatoms. The lowest BCUT2D eigenvalue weighted by Crippen LogP contribution is -2.37. The van der Waals surface area contributed by atoms with Gasteiger partial charge in [-0.2, -0.15) is 4.31 Å². The van der Waals surface area contributed by atoms with Crippen LogP contribution in [0.15, 0.2) is 77.7 Å². The molecule has 0 spiro atoms. The maximum absolute atomic E-state index is 13.3. The molecule has 1 amide bonds. The van der Waals surface area contributed by atoms with E-state index in [9.17, 15) is 17.6 Å². The second-order valence-corrected chi connectivity index (χ2v) is 9.14. The standard InChI is InChI=1S/C21H17Cl2FN2O3S/c22-16-6-11-19(23)20(12-16)30(28,29)26(13-15-4-2-1-3-5-15)14-21(27)25-18-9-7-17(24)8-10-18/h1-12H,13-14H2,(H,25,27). The van der Waals surface area contributed by atoms with Crippen LogP contribution >= 0.6 is 23.2 Å². The van der Waals surface area contributed by atoms with Gasteiger partial charge in [-0.15, -0.1) is 0 Å². The van der Waals surface area contributed by atoms with E-state index in [-0.39, 0.29) is 21.5 Å². The normalized spacial score (nSPS) is 11.5. The number of rotatable bonds is 7. The Morgan fingerprint density at radius 1 is 0.967 bits per heavy atom. The Bertz CT molecular complexity index is 1140. The Labute approximate surface area is 184 Å². The summed E-state index contributed by atoms with van der Waals surface area (Å²) in [5.74, 6) is -1.03. The Balaban J connectivity index is 1.90. The van der Waals surface area contributed by atoms with Crippen molar-refractivity contribution in [1.82, 2.24) is 4.31 Å². The molecule has 0 saturated heterocycles. The van der Waals surface area contributed by atoms with Crippen LogP contribution in [0.4, 0.5) is 10.1 Å². The minimum absolute atomic E-state index is 0.00333. The van der Waals surface area contributed by atoms with Crippen LogP contribution in [0.25, 0.3) is 0 Å². The average molecular weight is 467 g/mol. The predicted octanol–water partition coefficient (Wildman–Crippen LogP) is 4.96. The van der Waals surface area contributed by atoms with Gasteiger partial charge in [0.2, 0.25) is 15.9 Å². The van der Waals surface area contributed by atoms with Gasteiger partial charge in [0.25, 0.3) is 0 Å². The molecule has 0 bridgehead atoms. The van der Waals surface area contributed by atoms with Crippen molar-refractivity contribution >= 4 is 44.8 Å². The topological polar surface area (TPSA) is 66.5 Å². The van der Waals surface area contributed by atoms with Crippen LogP contribution in [0.5, 0.6) is 0 Å². The number of halogens is 3. The van der Waals surface area contributed by atoms with Crippen LogP contribution in [0.2, 0.25) is 10.0 Å². The van der Waals surface area contributed by atoms with E-state index < -0.39 is 28.3 Å². The van der Waals surface area contributed by atoms with E-state index in [2.05, 4.69) is 5.32 Å². The molecule has 0 heterocycles. The maximum atomic E-state index is 13.3. The summed E-state index contributed by atoms with van der Waals surface area (Å²) >= 11 is 12.1. The molecule has 30 heavy (non-hydrogen) atoms. The molecule has 0 unspecified atom stereocenters. The van der Waals surface area contributed by atoms with E-state index in [0.29, 0.717) is 11.3 Å². The summed E-state index contributed by atoms with van der Waals surface area (Å²) in [6.07, 6.45) is 0. The summed E-state index contributed by atoms with van der Waals surface area (Å²) < 4.78 is 40.7. The smallest absolute Gasteiger partial charge is 0.245 e. The first-order valence-corrected chi connectivity index (χ1v) is 11.0. The maximum Gasteiger partial charge on any atom is 0.245 e. The van der Waals surface area contributed by atoms with E-state index in [1.807, 2.05) is 0 Å². The molecular formula is C21H17Cl2FN2O3S. The van der Waals surface area contributed by atoms with Crippen molar-refractivity contribution in [3.8, 4) is 0 Å². The van der Waals surface area contributed by atoms with Crippen molar-refractivity contribution in [2.24, 2.45) is 0 Å². The summed E-state index contributed by atoms with van der Waals surface area (Å²) in [4.78, 5) is 12.4. The molecule has 5 nitrogen and oxygen atoms in total. The zero-order chi connectivity index (χ0) is 21.7. The number of amides is 1. The van der Waals surface area contributed by atoms with Crippen LogP contribution in [0.3, 0.4) is 0 Å². The quantitative estimate of drug-likeness (QED) is 0.534. The first kappa shape index (κ1) is 22.2. The third-order valence-electron chi connectivity index (χ3n) is 4.16. The first-order valence-electron chi connectivity index (χ1n) is 8.80. The van der Waals surface area contributed by atoms with Gasteiger partial charge in [0.1, 0.15) is 10.7 Å². The Morgan fingerprint density at radius 3 is 2.30 bits per heavy atom. The highest BCUT2D eigenvalue weighted by Gasteiger charge is 2.29. The minimum atomic E-state index is -4.15. The highest BCUT2D eigenvalue weighted by Crippen LogP contribution is 2.28. The van der Waals surface area contributed by atoms with Gasteiger partial charge in [0.05, 0.1) is 11.6 Å². The highest BCUT2D eigenvalue weighted by atomic mass is 35.5. The fourth-order valence-corrected chi connectivity index (χ4v) is 4.84. The Morgan fingerprint density at radius 2 is 1.63 bits per heavy atom. The van der Waals surface area contributed by atoms with Gasteiger partial charge < -0.3 is 5.32 Å². The molecule has 0 aliphatic carbocycles. The lowest BCUT2D eigenvalue weighted by molar-refractivity contribution is -0.116. The van der Waals surface area contributed by atoms with Gasteiger partial charge in [0.15, 0.2) is 0 Å². The fourth-order valence-electron chi connectivity index (χ4n) is 2.72. The number of sulfonamides is 1. The zero-order valence-corrected chi connectivity index (χ0v) is 17.9. The van der Waals surface area contributed by atoms with Crippen LogP contribution in [0, 0.1) is 5.82 Å². The van der Waals surface area contributed by atoms with Crippen LogP contribution in [-0.4, -0.2) is 25.2 Å². The molecule has 3 rings (SSSR count). The van der Waals surface area contributed by atoms with Gasteiger partial charge in [0, 0.05) is 17.3 Å². The Hall–Kier alpha value is -2.45. The minimum Gasteiger partial charge on any atom is -0.325 e. The van der Waals surface area contributed by atoms with Crippen LogP contribution < -0.4 is 5.32 Å². The van der Waals surface area contributed by atoms with Crippen molar-refractivity contribution in [1.29, 1.82) is 0 Å². The second-order valence-electron chi connectivity index (χ2n) is 6.39. The number of nitrogens with zero attached hydrogens (tertiary/aromatic N) is 1. The predicted molar refractivity (Wildman–Crippen MR) is 116 cm³/mol. The van der Waals surface area contributed by atoms with Gasteiger partial charge in [-0.25, -0.2) is 12.8 Å². The Kier molecular flexibility index (Phi) is 7.10. The molecule has 0 aliphatic heterocycles. The third kappa shape index (κ3) is 5.58. The molecule has 3 aromatic rings. The molecule has 3 aromatic carbocycles. The summed E-state index contributed by atoms with van der Waals surface area (Å²) in [5, 5.41) is 2.76. The van der Waals surface area contributed by atoms with Crippen LogP contribution in [-0.2, 0) is 21.4 Å². The van der Waals surface area contributed by atoms with Crippen molar-refractivity contribution in [2.45, 2.75) is 11.4 Å². The number of carbonyl (C=O) groups is 1. The number of anilines is 1. The van der Waals surface area contributed by atoms with E-state index in [1.54, 1.807) is 30.3 Å². The molecule has 0 saturated carbocycles. The molecule has 0 fully saturated rings. The lowest BCUT2D eigenvalue weighted by atomic mass is 10.2. The zero-order valence-electron chi connectivity index (χ0n) is 15.6. The molecule has 1 N–H and O–H groups in total. The van der Waals surface area contributed by atoms with Gasteiger partial charge in [-0.1, -0.05) is 53.5 Å². The molecule has 156 valence electrons. The van der Waals surface area contributed by atoms with E-state index in [1.165, 1.54) is 42.5 Å². The number of carbonyl (C=O) groups excluding carboxylic acids is 1. The SMILES string of the molecule is O=C(CN(Cc1ccccc1)S(=O)(=O)c1cc(Cl)ccc1Cl)Nc1ccc(F)cc1. The molecule has 0 radical (unpaired) electrons. The summed E-state index contributed by atoms with van der Waals surface area (Å²) in [6.45, 7) is -0.527. The fraction of sp³-hybridized carbons (Fsp3) is 0.0952. The average Bonchev–Trinajstić information content (AvgIpc) is 2.71. The number of benzene rings is 3. The molecular weight excluding hydrogens is 450 g/mol. The number of hydrogen-bond donors (Lipinski definition) is 1. The number of hydrogen-bond acceptors (Lipinski definition) is 3. The third-order valence-corrected chi connectivity index (χ3v) is 6.67. The molecule has 0 atom stereocenters. The monoisotopic (exact) mass is 466 g/mol. The first-order chi connectivity index (χ1) is 14.3. The van der Waals surface area contributed by atoms with Crippen molar-refractivity contribution in [3.63, 3.8) is 0 Å². The van der Waals surface area contributed by atoms with Crippen molar-refractivity contribution in [2.75, 3.05) is 11.9 Å². The molecule has 0 aromatic heterocycles. The van der Waals surface area contributed by atoms with Gasteiger partial charge >= 0.3 is 0 Å².